The maximum absolute atomic E-state index is 13.4. The maximum Gasteiger partial charge on any atom is 0.418 e. The molecular weight excluding hydrogens is 375 g/mol. The van der Waals surface area contributed by atoms with E-state index in [1.807, 2.05) is 13.8 Å². The molecule has 1 aliphatic heterocycles. The van der Waals surface area contributed by atoms with E-state index in [-0.39, 0.29) is 35.4 Å². The number of hydrazine groups is 1. The summed E-state index contributed by atoms with van der Waals surface area (Å²) < 4.78 is 68.5. The lowest BCUT2D eigenvalue weighted by molar-refractivity contribution is -0.178. The van der Waals surface area contributed by atoms with Crippen molar-refractivity contribution < 1.29 is 31.1 Å². The highest BCUT2D eigenvalue weighted by Gasteiger charge is 2.59. The zero-order chi connectivity index (χ0) is 19.8. The van der Waals surface area contributed by atoms with Gasteiger partial charge in [0, 0.05) is 18.5 Å². The molecule has 2 rings (SSSR count). The Morgan fingerprint density at radius 1 is 1.38 bits per heavy atom. The highest BCUT2D eigenvalue weighted by molar-refractivity contribution is 7.90. The molecule has 0 radical (unpaired) electrons. The Morgan fingerprint density at radius 2 is 2.04 bits per heavy atom. The summed E-state index contributed by atoms with van der Waals surface area (Å²) in [7, 11) is -3.51. The summed E-state index contributed by atoms with van der Waals surface area (Å²) in [5, 5.41) is 0.871. The Balaban J connectivity index is 2.42. The van der Waals surface area contributed by atoms with Crippen molar-refractivity contribution in [1.29, 1.82) is 0 Å². The van der Waals surface area contributed by atoms with Gasteiger partial charge < -0.3 is 9.53 Å². The molecule has 2 heterocycles. The van der Waals surface area contributed by atoms with Crippen LogP contribution >= 0.6 is 0 Å². The molecule has 0 bridgehead atoms. The molecule has 1 N–H and O–H groups in total. The lowest BCUT2D eigenvalue weighted by Gasteiger charge is -2.28. The molecule has 7 nitrogen and oxygen atoms in total. The number of carbonyl (C=O) groups excluding carboxylic acids is 1. The summed E-state index contributed by atoms with van der Waals surface area (Å²) in [6, 6.07) is 2.42. The molecule has 0 saturated heterocycles. The average Bonchev–Trinajstić information content (AvgIpc) is 2.92. The van der Waals surface area contributed by atoms with Gasteiger partial charge in [0.05, 0.1) is 11.5 Å². The number of aldehydes is 1. The van der Waals surface area contributed by atoms with E-state index in [2.05, 4.69) is 10.4 Å². The molecular formula is C15H18F3N3O4S. The zero-order valence-corrected chi connectivity index (χ0v) is 15.1. The number of halogens is 3. The van der Waals surface area contributed by atoms with E-state index in [0.717, 1.165) is 17.5 Å². The van der Waals surface area contributed by atoms with Crippen LogP contribution in [-0.2, 0) is 19.4 Å². The van der Waals surface area contributed by atoms with Gasteiger partial charge in [-0.25, -0.2) is 18.4 Å². The normalized spacial score (nSPS) is 21.0. The van der Waals surface area contributed by atoms with Crippen LogP contribution in [0, 0.1) is 5.92 Å². The lowest BCUT2D eigenvalue weighted by Crippen LogP contribution is -2.58. The van der Waals surface area contributed by atoms with Gasteiger partial charge in [0.1, 0.15) is 5.82 Å². The summed E-state index contributed by atoms with van der Waals surface area (Å²) >= 11 is 0. The molecule has 144 valence electrons. The van der Waals surface area contributed by atoms with Gasteiger partial charge in [-0.15, -0.1) is 0 Å². The van der Waals surface area contributed by atoms with Crippen LogP contribution in [0.1, 0.15) is 13.8 Å². The number of ether oxygens (including phenoxy) is 1. The molecule has 26 heavy (non-hydrogen) atoms. The van der Waals surface area contributed by atoms with Crippen molar-refractivity contribution in [3.8, 4) is 0 Å². The molecule has 0 fully saturated rings. The monoisotopic (exact) mass is 393 g/mol. The summed E-state index contributed by atoms with van der Waals surface area (Å²) in [6.07, 6.45) is -2.55. The first-order valence-electron chi connectivity index (χ1n) is 7.52. The van der Waals surface area contributed by atoms with E-state index >= 15 is 0 Å². The minimum absolute atomic E-state index is 0.0236. The fourth-order valence-electron chi connectivity index (χ4n) is 2.06. The van der Waals surface area contributed by atoms with Gasteiger partial charge >= 0.3 is 6.18 Å². The summed E-state index contributed by atoms with van der Waals surface area (Å²) in [4.78, 5) is 15.0. The molecule has 1 atom stereocenters. The second kappa shape index (κ2) is 6.88. The number of nitrogens with zero attached hydrogens (tertiary/aromatic N) is 2. The third-order valence-electron chi connectivity index (χ3n) is 3.47. The van der Waals surface area contributed by atoms with Crippen molar-refractivity contribution in [2.75, 3.05) is 17.9 Å². The van der Waals surface area contributed by atoms with Crippen LogP contribution in [0.3, 0.4) is 0 Å². The van der Waals surface area contributed by atoms with E-state index in [1.165, 1.54) is 12.1 Å². The molecule has 0 amide bonds. The number of alkyl halides is 3. The topological polar surface area (TPSA) is 88.6 Å². The standard InChI is InChI=1S/C15H18F3N3O4S/c1-10(2)8-25-13-6-14(9-22,15(16,17)18)20-21(13)12-5-4-11(7-19-12)26(3,23)24/h4-7,9-10,20H,8H2,1-3H3. The number of aromatic nitrogens is 1. The number of anilines is 1. The third-order valence-corrected chi connectivity index (χ3v) is 4.56. The van der Waals surface area contributed by atoms with Crippen LogP contribution < -0.4 is 10.4 Å². The van der Waals surface area contributed by atoms with Crippen LogP contribution in [0.2, 0.25) is 0 Å². The van der Waals surface area contributed by atoms with Gasteiger partial charge in [0.2, 0.25) is 11.4 Å². The van der Waals surface area contributed by atoms with E-state index in [9.17, 15) is 26.4 Å². The van der Waals surface area contributed by atoms with Gasteiger partial charge in [-0.3, -0.25) is 0 Å². The highest BCUT2D eigenvalue weighted by Crippen LogP contribution is 2.37. The van der Waals surface area contributed by atoms with E-state index in [4.69, 9.17) is 4.74 Å². The largest absolute Gasteiger partial charge is 0.478 e. The minimum atomic E-state index is -4.91. The van der Waals surface area contributed by atoms with Gasteiger partial charge in [-0.2, -0.15) is 18.6 Å². The predicted molar refractivity (Wildman–Crippen MR) is 86.7 cm³/mol. The molecule has 0 aliphatic carbocycles. The van der Waals surface area contributed by atoms with Gasteiger partial charge in [0.25, 0.3) is 0 Å². The van der Waals surface area contributed by atoms with Crippen molar-refractivity contribution in [2.24, 2.45) is 5.92 Å². The Hall–Kier alpha value is -2.14. The van der Waals surface area contributed by atoms with Crippen LogP contribution in [0.15, 0.2) is 35.2 Å². The second-order valence-corrected chi connectivity index (χ2v) is 8.26. The van der Waals surface area contributed by atoms with Crippen molar-refractivity contribution in [1.82, 2.24) is 10.4 Å². The van der Waals surface area contributed by atoms with Gasteiger partial charge in [-0.05, 0) is 18.1 Å². The Kier molecular flexibility index (Phi) is 5.34. The molecule has 0 saturated carbocycles. The number of carbonyl (C=O) groups is 1. The summed E-state index contributed by atoms with van der Waals surface area (Å²) in [6.45, 7) is 3.73. The Labute approximate surface area is 148 Å². The number of nitrogens with one attached hydrogen (secondary N) is 1. The van der Waals surface area contributed by atoms with Crippen molar-refractivity contribution in [3.05, 3.63) is 30.3 Å². The highest BCUT2D eigenvalue weighted by atomic mass is 32.2. The molecule has 1 unspecified atom stereocenters. The van der Waals surface area contributed by atoms with Gasteiger partial charge in [-0.1, -0.05) is 13.8 Å². The van der Waals surface area contributed by atoms with Crippen LogP contribution in [0.5, 0.6) is 0 Å². The fourth-order valence-corrected chi connectivity index (χ4v) is 2.62. The lowest BCUT2D eigenvalue weighted by atomic mass is 10.0. The average molecular weight is 393 g/mol. The second-order valence-electron chi connectivity index (χ2n) is 6.24. The predicted octanol–water partition coefficient (Wildman–Crippen LogP) is 1.82. The molecule has 1 aliphatic rings. The SMILES string of the molecule is CC(C)COC1=CC(C=O)(C(F)(F)F)NN1c1ccc(S(C)(=O)=O)cn1. The first-order valence-corrected chi connectivity index (χ1v) is 9.41. The molecule has 1 aromatic rings. The fraction of sp³-hybridized carbons (Fsp3) is 0.467. The summed E-state index contributed by atoms with van der Waals surface area (Å²) in [5.41, 5.74) is -0.909. The maximum atomic E-state index is 13.4. The smallest absolute Gasteiger partial charge is 0.418 e. The molecule has 1 aromatic heterocycles. The van der Waals surface area contributed by atoms with Gasteiger partial charge in [0.15, 0.2) is 16.1 Å². The molecule has 0 spiro atoms. The number of hydrogen-bond donors (Lipinski definition) is 1. The van der Waals surface area contributed by atoms with Crippen LogP contribution in [0.4, 0.5) is 19.0 Å². The summed E-state index contributed by atoms with van der Waals surface area (Å²) in [5.74, 6) is -0.279. The molecule has 0 aromatic carbocycles. The van der Waals surface area contributed by atoms with Crippen LogP contribution in [-0.4, -0.2) is 44.3 Å². The zero-order valence-electron chi connectivity index (χ0n) is 14.2. The third kappa shape index (κ3) is 3.98. The van der Waals surface area contributed by atoms with Crippen LogP contribution in [0.25, 0.3) is 0 Å². The number of pyridine rings is 1. The Morgan fingerprint density at radius 3 is 2.46 bits per heavy atom. The number of hydrogen-bond acceptors (Lipinski definition) is 7. The number of rotatable bonds is 6. The first kappa shape index (κ1) is 20.2. The minimum Gasteiger partial charge on any atom is -0.478 e. The van der Waals surface area contributed by atoms with Crippen molar-refractivity contribution >= 4 is 21.9 Å². The van der Waals surface area contributed by atoms with E-state index in [0.29, 0.717) is 6.08 Å². The van der Waals surface area contributed by atoms with E-state index < -0.39 is 21.6 Å². The first-order chi connectivity index (χ1) is 11.9. The molecule has 11 heteroatoms. The van der Waals surface area contributed by atoms with Crippen molar-refractivity contribution in [3.63, 3.8) is 0 Å². The number of sulfone groups is 1. The Bertz CT molecular complexity index is 806. The van der Waals surface area contributed by atoms with Crippen molar-refractivity contribution in [2.45, 2.75) is 30.5 Å². The van der Waals surface area contributed by atoms with E-state index in [1.54, 1.807) is 0 Å². The quantitative estimate of drug-likeness (QED) is 0.738.